The van der Waals surface area contributed by atoms with Gasteiger partial charge >= 0.3 is 5.69 Å². The minimum Gasteiger partial charge on any atom is -0.324 e. The normalized spacial score (nSPS) is 9.76. The molecule has 0 aliphatic rings. The van der Waals surface area contributed by atoms with Crippen molar-refractivity contribution in [3.8, 4) is 6.07 Å². The first-order chi connectivity index (χ1) is 10.1. The monoisotopic (exact) mass is 285 g/mol. The number of nitrogens with two attached hydrogens (primary N) is 1. The van der Waals surface area contributed by atoms with E-state index in [0.717, 1.165) is 6.20 Å². The Balaban J connectivity index is 2.53. The Bertz CT molecular complexity index is 726. The maximum absolute atomic E-state index is 11.1. The SMILES string of the molecule is CN(c1cccc(C#N)c1)c1nc(NN)ncc1[N+](=O)[O-]. The molecule has 9 heteroatoms. The quantitative estimate of drug-likeness (QED) is 0.487. The van der Waals surface area contributed by atoms with Crippen LogP contribution in [0.4, 0.5) is 23.1 Å². The zero-order valence-corrected chi connectivity index (χ0v) is 11.0. The summed E-state index contributed by atoms with van der Waals surface area (Å²) >= 11 is 0. The molecule has 2 rings (SSSR count). The van der Waals surface area contributed by atoms with E-state index in [1.807, 2.05) is 6.07 Å². The summed E-state index contributed by atoms with van der Waals surface area (Å²) < 4.78 is 0. The number of rotatable bonds is 4. The fourth-order valence-corrected chi connectivity index (χ4v) is 1.72. The molecule has 1 aromatic heterocycles. The molecule has 3 N–H and O–H groups in total. The summed E-state index contributed by atoms with van der Waals surface area (Å²) in [6, 6.07) is 8.63. The third kappa shape index (κ3) is 2.85. The van der Waals surface area contributed by atoms with Crippen LogP contribution in [0.3, 0.4) is 0 Å². The molecule has 0 spiro atoms. The Morgan fingerprint density at radius 2 is 2.29 bits per heavy atom. The molecule has 21 heavy (non-hydrogen) atoms. The van der Waals surface area contributed by atoms with Crippen molar-refractivity contribution in [1.82, 2.24) is 9.97 Å². The van der Waals surface area contributed by atoms with E-state index >= 15 is 0 Å². The maximum atomic E-state index is 11.1. The predicted octanol–water partition coefficient (Wildman–Crippen LogP) is 1.31. The van der Waals surface area contributed by atoms with Crippen LogP contribution >= 0.6 is 0 Å². The Labute approximate surface area is 119 Å². The Morgan fingerprint density at radius 1 is 1.52 bits per heavy atom. The van der Waals surface area contributed by atoms with Crippen molar-refractivity contribution in [3.05, 3.63) is 46.1 Å². The lowest BCUT2D eigenvalue weighted by Gasteiger charge is -2.18. The summed E-state index contributed by atoms with van der Waals surface area (Å²) in [6.45, 7) is 0. The standard InChI is InChI=1S/C12H11N7O2/c1-18(9-4-2-3-8(5-9)6-13)11-10(19(20)21)7-15-12(16-11)17-14/h2-5,7H,14H2,1H3,(H,15,16,17). The average Bonchev–Trinajstić information content (AvgIpc) is 2.53. The molecule has 0 amide bonds. The fraction of sp³-hybridized carbons (Fsp3) is 0.0833. The van der Waals surface area contributed by atoms with Crippen LogP contribution in [0.15, 0.2) is 30.5 Å². The number of nitrogens with one attached hydrogen (secondary N) is 1. The average molecular weight is 285 g/mol. The zero-order valence-electron chi connectivity index (χ0n) is 11.0. The van der Waals surface area contributed by atoms with Gasteiger partial charge in [0.05, 0.1) is 16.6 Å². The van der Waals surface area contributed by atoms with Gasteiger partial charge in [0.2, 0.25) is 11.8 Å². The minimum absolute atomic E-state index is 0.0545. The van der Waals surface area contributed by atoms with Crippen LogP contribution in [-0.2, 0) is 0 Å². The number of nitriles is 1. The van der Waals surface area contributed by atoms with Crippen LogP contribution in [0.2, 0.25) is 0 Å². The lowest BCUT2D eigenvalue weighted by molar-refractivity contribution is -0.384. The van der Waals surface area contributed by atoms with E-state index in [2.05, 4.69) is 15.4 Å². The van der Waals surface area contributed by atoms with Gasteiger partial charge in [0.1, 0.15) is 6.20 Å². The molecule has 1 heterocycles. The van der Waals surface area contributed by atoms with Crippen LogP contribution in [0.25, 0.3) is 0 Å². The third-order valence-electron chi connectivity index (χ3n) is 2.76. The molecule has 1 aromatic carbocycles. The van der Waals surface area contributed by atoms with Crippen molar-refractivity contribution in [2.45, 2.75) is 0 Å². The molecule has 106 valence electrons. The minimum atomic E-state index is -0.583. The molecule has 0 fully saturated rings. The lowest BCUT2D eigenvalue weighted by atomic mass is 10.2. The molecule has 0 aliphatic heterocycles. The van der Waals surface area contributed by atoms with E-state index in [4.69, 9.17) is 11.1 Å². The first-order valence-electron chi connectivity index (χ1n) is 5.78. The first kappa shape index (κ1) is 14.2. The highest BCUT2D eigenvalue weighted by Gasteiger charge is 2.21. The van der Waals surface area contributed by atoms with E-state index in [9.17, 15) is 10.1 Å². The summed E-state index contributed by atoms with van der Waals surface area (Å²) in [5, 5.41) is 20.0. The van der Waals surface area contributed by atoms with Crippen molar-refractivity contribution in [2.24, 2.45) is 5.84 Å². The van der Waals surface area contributed by atoms with Gasteiger partial charge in [-0.25, -0.2) is 10.8 Å². The van der Waals surface area contributed by atoms with Gasteiger partial charge in [-0.3, -0.25) is 15.5 Å². The van der Waals surface area contributed by atoms with Crippen LogP contribution in [0.1, 0.15) is 5.56 Å². The second kappa shape index (κ2) is 5.81. The van der Waals surface area contributed by atoms with Gasteiger partial charge in [0.15, 0.2) is 0 Å². The number of hydrogen-bond donors (Lipinski definition) is 2. The topological polar surface area (TPSA) is 134 Å². The smallest absolute Gasteiger partial charge is 0.324 e. The largest absolute Gasteiger partial charge is 0.330 e. The highest BCUT2D eigenvalue weighted by Crippen LogP contribution is 2.30. The van der Waals surface area contributed by atoms with Gasteiger partial charge < -0.3 is 4.90 Å². The van der Waals surface area contributed by atoms with Crippen molar-refractivity contribution in [2.75, 3.05) is 17.4 Å². The fourth-order valence-electron chi connectivity index (χ4n) is 1.72. The first-order valence-corrected chi connectivity index (χ1v) is 5.78. The summed E-state index contributed by atoms with van der Waals surface area (Å²) in [4.78, 5) is 19.7. The van der Waals surface area contributed by atoms with Gasteiger partial charge in [-0.15, -0.1) is 0 Å². The molecule has 0 saturated carbocycles. The van der Waals surface area contributed by atoms with Crippen molar-refractivity contribution >= 4 is 23.1 Å². The molecule has 2 aromatic rings. The number of nitrogen functional groups attached to an aromatic ring is 1. The Morgan fingerprint density at radius 3 is 2.90 bits per heavy atom. The molecule has 0 saturated heterocycles. The Kier molecular flexibility index (Phi) is 3.92. The van der Waals surface area contributed by atoms with Gasteiger partial charge in [-0.2, -0.15) is 10.2 Å². The predicted molar refractivity (Wildman–Crippen MR) is 75.7 cm³/mol. The summed E-state index contributed by atoms with van der Waals surface area (Å²) in [6.07, 6.45) is 1.07. The van der Waals surface area contributed by atoms with Gasteiger partial charge in [0.25, 0.3) is 0 Å². The summed E-state index contributed by atoms with van der Waals surface area (Å²) in [5.74, 6) is 5.35. The van der Waals surface area contributed by atoms with Gasteiger partial charge in [-0.05, 0) is 18.2 Å². The highest BCUT2D eigenvalue weighted by atomic mass is 16.6. The number of anilines is 3. The van der Waals surface area contributed by atoms with Crippen molar-refractivity contribution in [3.63, 3.8) is 0 Å². The van der Waals surface area contributed by atoms with Gasteiger partial charge in [-0.1, -0.05) is 6.07 Å². The summed E-state index contributed by atoms with van der Waals surface area (Å²) in [5.41, 5.74) is 2.99. The van der Waals surface area contributed by atoms with E-state index < -0.39 is 4.92 Å². The number of benzene rings is 1. The van der Waals surface area contributed by atoms with E-state index in [1.54, 1.807) is 31.3 Å². The van der Waals surface area contributed by atoms with Gasteiger partial charge in [0, 0.05) is 12.7 Å². The zero-order chi connectivity index (χ0) is 15.4. The third-order valence-corrected chi connectivity index (χ3v) is 2.76. The molecule has 0 bridgehead atoms. The lowest BCUT2D eigenvalue weighted by Crippen LogP contribution is -2.17. The van der Waals surface area contributed by atoms with Crippen LogP contribution in [0.5, 0.6) is 0 Å². The number of aromatic nitrogens is 2. The molecule has 9 nitrogen and oxygen atoms in total. The second-order valence-electron chi connectivity index (χ2n) is 4.03. The van der Waals surface area contributed by atoms with Crippen molar-refractivity contribution < 1.29 is 4.92 Å². The molecule has 0 aliphatic carbocycles. The molecular formula is C12H11N7O2. The van der Waals surface area contributed by atoms with E-state index in [1.165, 1.54) is 4.90 Å². The van der Waals surface area contributed by atoms with Crippen LogP contribution in [-0.4, -0.2) is 21.9 Å². The number of nitro groups is 1. The molecular weight excluding hydrogens is 274 g/mol. The molecule has 0 unspecified atom stereocenters. The summed E-state index contributed by atoms with van der Waals surface area (Å²) in [7, 11) is 1.60. The van der Waals surface area contributed by atoms with E-state index in [-0.39, 0.29) is 17.5 Å². The van der Waals surface area contributed by atoms with Crippen LogP contribution in [0, 0.1) is 21.4 Å². The molecule has 0 atom stereocenters. The Hall–Kier alpha value is -3.25. The van der Waals surface area contributed by atoms with Crippen molar-refractivity contribution in [1.29, 1.82) is 5.26 Å². The second-order valence-corrected chi connectivity index (χ2v) is 4.03. The van der Waals surface area contributed by atoms with E-state index in [0.29, 0.717) is 11.3 Å². The highest BCUT2D eigenvalue weighted by molar-refractivity contribution is 5.69. The maximum Gasteiger partial charge on any atom is 0.330 e. The van der Waals surface area contributed by atoms with Crippen LogP contribution < -0.4 is 16.2 Å². The number of hydrogen-bond acceptors (Lipinski definition) is 8. The molecule has 0 radical (unpaired) electrons. The number of nitrogens with zero attached hydrogens (tertiary/aromatic N) is 5. The number of hydrazine groups is 1.